The molecule has 3 N–H and O–H groups in total. The lowest BCUT2D eigenvalue weighted by atomic mass is 10.2. The molecule has 1 atom stereocenters. The molecule has 0 aromatic heterocycles. The second kappa shape index (κ2) is 8.00. The standard InChI is InChI=1S/C14H20N2O4S/c1-11(10-19-2)16-21(17,18)13-6-7-14(20-3)12(9-13)5-4-8-15/h6-7,9,11,16H,8,10,15H2,1-3H3. The highest BCUT2D eigenvalue weighted by Gasteiger charge is 2.18. The van der Waals surface area contributed by atoms with Crippen LogP contribution in [0.1, 0.15) is 12.5 Å². The first-order chi connectivity index (χ1) is 9.94. The summed E-state index contributed by atoms with van der Waals surface area (Å²) >= 11 is 0. The Morgan fingerprint density at radius 1 is 1.38 bits per heavy atom. The van der Waals surface area contributed by atoms with Crippen molar-refractivity contribution in [3.05, 3.63) is 23.8 Å². The van der Waals surface area contributed by atoms with Gasteiger partial charge in [0.05, 0.1) is 30.7 Å². The van der Waals surface area contributed by atoms with Gasteiger partial charge < -0.3 is 15.2 Å². The van der Waals surface area contributed by atoms with E-state index in [-0.39, 0.29) is 24.1 Å². The average Bonchev–Trinajstić information content (AvgIpc) is 2.44. The van der Waals surface area contributed by atoms with Crippen molar-refractivity contribution in [3.8, 4) is 17.6 Å². The second-order valence-corrected chi connectivity index (χ2v) is 6.06. The first-order valence-corrected chi connectivity index (χ1v) is 7.81. The number of benzene rings is 1. The molecule has 0 aliphatic rings. The minimum atomic E-state index is -3.64. The number of sulfonamides is 1. The summed E-state index contributed by atoms with van der Waals surface area (Å²) in [4.78, 5) is 0.118. The molecule has 6 nitrogen and oxygen atoms in total. The van der Waals surface area contributed by atoms with E-state index in [1.807, 2.05) is 0 Å². The molecule has 1 aromatic carbocycles. The maximum Gasteiger partial charge on any atom is 0.240 e. The van der Waals surface area contributed by atoms with Gasteiger partial charge in [-0.3, -0.25) is 0 Å². The first kappa shape index (κ1) is 17.5. The van der Waals surface area contributed by atoms with Crippen LogP contribution in [0.3, 0.4) is 0 Å². The number of rotatable bonds is 6. The van der Waals surface area contributed by atoms with Gasteiger partial charge in [-0.25, -0.2) is 13.1 Å². The molecule has 0 radical (unpaired) electrons. The largest absolute Gasteiger partial charge is 0.495 e. The van der Waals surface area contributed by atoms with Gasteiger partial charge in [0, 0.05) is 13.2 Å². The lowest BCUT2D eigenvalue weighted by Crippen LogP contribution is -2.35. The van der Waals surface area contributed by atoms with E-state index in [2.05, 4.69) is 16.6 Å². The molecule has 0 spiro atoms. The van der Waals surface area contributed by atoms with E-state index in [4.69, 9.17) is 15.2 Å². The predicted octanol–water partition coefficient (Wildman–Crippen LogP) is 0.319. The van der Waals surface area contributed by atoms with Crippen molar-refractivity contribution in [2.75, 3.05) is 27.4 Å². The summed E-state index contributed by atoms with van der Waals surface area (Å²) in [6.07, 6.45) is 0. The highest BCUT2D eigenvalue weighted by atomic mass is 32.2. The van der Waals surface area contributed by atoms with E-state index in [1.54, 1.807) is 13.0 Å². The molecule has 0 bridgehead atoms. The Kier molecular flexibility index (Phi) is 6.65. The SMILES string of the molecule is COCC(C)NS(=O)(=O)c1ccc(OC)c(C#CCN)c1. The fraction of sp³-hybridized carbons (Fsp3) is 0.429. The fourth-order valence-electron chi connectivity index (χ4n) is 1.72. The van der Waals surface area contributed by atoms with Gasteiger partial charge in [-0.1, -0.05) is 11.8 Å². The first-order valence-electron chi connectivity index (χ1n) is 6.32. The number of nitrogens with two attached hydrogens (primary N) is 1. The van der Waals surface area contributed by atoms with Crippen LogP contribution in [0, 0.1) is 11.8 Å². The highest BCUT2D eigenvalue weighted by Crippen LogP contribution is 2.21. The van der Waals surface area contributed by atoms with Crippen LogP contribution in [-0.4, -0.2) is 41.8 Å². The number of hydrogen-bond acceptors (Lipinski definition) is 5. The van der Waals surface area contributed by atoms with Gasteiger partial charge in [-0.05, 0) is 25.1 Å². The van der Waals surface area contributed by atoms with Crippen LogP contribution < -0.4 is 15.2 Å². The molecule has 0 aliphatic carbocycles. The Balaban J connectivity index is 3.13. The molecule has 7 heteroatoms. The van der Waals surface area contributed by atoms with Gasteiger partial charge >= 0.3 is 0 Å². The molecule has 0 amide bonds. The lowest BCUT2D eigenvalue weighted by molar-refractivity contribution is 0.180. The zero-order valence-electron chi connectivity index (χ0n) is 12.3. The zero-order valence-corrected chi connectivity index (χ0v) is 13.2. The van der Waals surface area contributed by atoms with Crippen molar-refractivity contribution in [2.24, 2.45) is 5.73 Å². The van der Waals surface area contributed by atoms with Crippen LogP contribution >= 0.6 is 0 Å². The molecule has 116 valence electrons. The molecule has 1 rings (SSSR count). The fourth-order valence-corrected chi connectivity index (χ4v) is 2.97. The van der Waals surface area contributed by atoms with Crippen LogP contribution in [0.25, 0.3) is 0 Å². The number of hydrogen-bond donors (Lipinski definition) is 2. The molecular weight excluding hydrogens is 292 g/mol. The molecular formula is C14H20N2O4S. The predicted molar refractivity (Wildman–Crippen MR) is 80.6 cm³/mol. The van der Waals surface area contributed by atoms with E-state index in [1.165, 1.54) is 26.4 Å². The van der Waals surface area contributed by atoms with E-state index in [0.29, 0.717) is 11.3 Å². The Morgan fingerprint density at radius 3 is 2.67 bits per heavy atom. The maximum atomic E-state index is 12.3. The molecule has 0 saturated heterocycles. The van der Waals surface area contributed by atoms with E-state index in [9.17, 15) is 8.42 Å². The van der Waals surface area contributed by atoms with Crippen molar-refractivity contribution in [2.45, 2.75) is 17.9 Å². The highest BCUT2D eigenvalue weighted by molar-refractivity contribution is 7.89. The van der Waals surface area contributed by atoms with Crippen LogP contribution in [-0.2, 0) is 14.8 Å². The van der Waals surface area contributed by atoms with Crippen molar-refractivity contribution < 1.29 is 17.9 Å². The Morgan fingerprint density at radius 2 is 2.10 bits per heavy atom. The van der Waals surface area contributed by atoms with Crippen molar-refractivity contribution in [1.82, 2.24) is 4.72 Å². The van der Waals surface area contributed by atoms with E-state index in [0.717, 1.165) is 0 Å². The molecule has 1 aromatic rings. The van der Waals surface area contributed by atoms with Crippen LogP contribution in [0.2, 0.25) is 0 Å². The Bertz CT molecular complexity index is 632. The van der Waals surface area contributed by atoms with Crippen molar-refractivity contribution in [1.29, 1.82) is 0 Å². The van der Waals surface area contributed by atoms with Crippen LogP contribution in [0.4, 0.5) is 0 Å². The number of ether oxygens (including phenoxy) is 2. The molecule has 0 heterocycles. The summed E-state index contributed by atoms with van der Waals surface area (Å²) in [5, 5.41) is 0. The summed E-state index contributed by atoms with van der Waals surface area (Å²) in [5.41, 5.74) is 5.81. The normalized spacial score (nSPS) is 12.4. The number of nitrogens with one attached hydrogen (secondary N) is 1. The minimum Gasteiger partial charge on any atom is -0.495 e. The van der Waals surface area contributed by atoms with Gasteiger partial charge in [0.2, 0.25) is 10.0 Å². The monoisotopic (exact) mass is 312 g/mol. The molecule has 0 aliphatic heterocycles. The average molecular weight is 312 g/mol. The summed E-state index contributed by atoms with van der Waals surface area (Å²) in [7, 11) is -0.630. The molecule has 0 fully saturated rings. The smallest absolute Gasteiger partial charge is 0.240 e. The maximum absolute atomic E-state index is 12.3. The number of methoxy groups -OCH3 is 2. The quantitative estimate of drug-likeness (QED) is 0.738. The third-order valence-corrected chi connectivity index (χ3v) is 4.17. The van der Waals surface area contributed by atoms with Gasteiger partial charge in [0.1, 0.15) is 5.75 Å². The summed E-state index contributed by atoms with van der Waals surface area (Å²) < 4.78 is 37.1. The van der Waals surface area contributed by atoms with Gasteiger partial charge in [0.15, 0.2) is 0 Å². The van der Waals surface area contributed by atoms with Gasteiger partial charge in [-0.2, -0.15) is 0 Å². The van der Waals surface area contributed by atoms with Crippen LogP contribution in [0.5, 0.6) is 5.75 Å². The molecule has 21 heavy (non-hydrogen) atoms. The summed E-state index contributed by atoms with van der Waals surface area (Å²) in [5.74, 6) is 5.98. The van der Waals surface area contributed by atoms with Gasteiger partial charge in [-0.15, -0.1) is 0 Å². The minimum absolute atomic E-state index is 0.118. The topological polar surface area (TPSA) is 90.6 Å². The Hall–Kier alpha value is -1.59. The third kappa shape index (κ3) is 5.02. The molecule has 0 saturated carbocycles. The second-order valence-electron chi connectivity index (χ2n) is 4.35. The van der Waals surface area contributed by atoms with E-state index < -0.39 is 10.0 Å². The van der Waals surface area contributed by atoms with Crippen molar-refractivity contribution in [3.63, 3.8) is 0 Å². The summed E-state index contributed by atoms with van der Waals surface area (Å²) in [6.45, 7) is 2.19. The lowest BCUT2D eigenvalue weighted by Gasteiger charge is -2.14. The molecule has 1 unspecified atom stereocenters. The van der Waals surface area contributed by atoms with Crippen molar-refractivity contribution >= 4 is 10.0 Å². The zero-order chi connectivity index (χ0) is 15.9. The summed E-state index contributed by atoms with van der Waals surface area (Å²) in [6, 6.07) is 4.16. The van der Waals surface area contributed by atoms with Crippen LogP contribution in [0.15, 0.2) is 23.1 Å². The Labute approximate surface area is 125 Å². The van der Waals surface area contributed by atoms with E-state index >= 15 is 0 Å². The van der Waals surface area contributed by atoms with Gasteiger partial charge in [0.25, 0.3) is 0 Å². The third-order valence-electron chi connectivity index (χ3n) is 2.58.